The van der Waals surface area contributed by atoms with Crippen LogP contribution in [-0.4, -0.2) is 14.5 Å². The van der Waals surface area contributed by atoms with Gasteiger partial charge in [0.2, 0.25) is 0 Å². The Balaban J connectivity index is 2.13. The maximum atomic E-state index is 6.14. The summed E-state index contributed by atoms with van der Waals surface area (Å²) in [7, 11) is 0. The molecule has 1 fully saturated rings. The fourth-order valence-corrected chi connectivity index (χ4v) is 3.77. The van der Waals surface area contributed by atoms with E-state index in [0.717, 1.165) is 28.5 Å². The number of nitrogens with zero attached hydrogens (tertiary/aromatic N) is 3. The lowest BCUT2D eigenvalue weighted by Gasteiger charge is -2.33. The van der Waals surface area contributed by atoms with Crippen molar-refractivity contribution < 1.29 is 0 Å². The number of alkyl halides is 1. The van der Waals surface area contributed by atoms with Crippen molar-refractivity contribution in [2.24, 2.45) is 5.92 Å². The summed E-state index contributed by atoms with van der Waals surface area (Å²) in [4.78, 5) is 9.34. The molecule has 0 N–H and O–H groups in total. The largest absolute Gasteiger partial charge is 0.308 e. The Labute approximate surface area is 125 Å². The van der Waals surface area contributed by atoms with Crippen molar-refractivity contribution in [2.75, 3.05) is 0 Å². The molecule has 108 valence electrons. The third kappa shape index (κ3) is 2.32. The van der Waals surface area contributed by atoms with E-state index < -0.39 is 0 Å². The van der Waals surface area contributed by atoms with E-state index in [1.807, 2.05) is 6.20 Å². The number of pyridine rings is 1. The summed E-state index contributed by atoms with van der Waals surface area (Å²) in [6, 6.07) is 2.63. The molecular formula is C16H22ClN3. The van der Waals surface area contributed by atoms with Crippen molar-refractivity contribution in [3.63, 3.8) is 0 Å². The summed E-state index contributed by atoms with van der Waals surface area (Å²) in [5.74, 6) is 2.17. The Morgan fingerprint density at radius 1 is 1.35 bits per heavy atom. The van der Waals surface area contributed by atoms with E-state index in [1.165, 1.54) is 32.1 Å². The second kappa shape index (κ2) is 5.72. The van der Waals surface area contributed by atoms with Crippen LogP contribution in [0.4, 0.5) is 0 Å². The summed E-state index contributed by atoms with van der Waals surface area (Å²) < 4.78 is 2.33. The maximum absolute atomic E-state index is 6.14. The van der Waals surface area contributed by atoms with Gasteiger partial charge in [0.05, 0.1) is 5.88 Å². The molecule has 1 aliphatic carbocycles. The number of imidazole rings is 1. The zero-order chi connectivity index (χ0) is 14.1. The normalized spacial score (nSPS) is 23.4. The molecule has 2 heterocycles. The number of rotatable bonds is 3. The number of hydrogen-bond acceptors (Lipinski definition) is 2. The predicted octanol–water partition coefficient (Wildman–Crippen LogP) is 4.62. The van der Waals surface area contributed by atoms with Gasteiger partial charge in [-0.25, -0.2) is 9.97 Å². The van der Waals surface area contributed by atoms with Gasteiger partial charge in [-0.1, -0.05) is 26.2 Å². The van der Waals surface area contributed by atoms with E-state index in [2.05, 4.69) is 29.5 Å². The highest BCUT2D eigenvalue weighted by Gasteiger charge is 2.28. The van der Waals surface area contributed by atoms with E-state index in [-0.39, 0.29) is 0 Å². The monoisotopic (exact) mass is 291 g/mol. The molecule has 1 saturated carbocycles. The van der Waals surface area contributed by atoms with Gasteiger partial charge in [0, 0.05) is 12.2 Å². The predicted molar refractivity (Wildman–Crippen MR) is 83.1 cm³/mol. The van der Waals surface area contributed by atoms with Crippen molar-refractivity contribution in [3.05, 3.63) is 23.7 Å². The first-order chi connectivity index (χ1) is 9.74. The molecular weight excluding hydrogens is 270 g/mol. The van der Waals surface area contributed by atoms with E-state index in [0.29, 0.717) is 11.9 Å². The lowest BCUT2D eigenvalue weighted by molar-refractivity contribution is 0.233. The van der Waals surface area contributed by atoms with Crippen LogP contribution < -0.4 is 0 Å². The second-order valence-electron chi connectivity index (χ2n) is 5.91. The molecule has 0 aliphatic heterocycles. The Morgan fingerprint density at radius 2 is 2.15 bits per heavy atom. The van der Waals surface area contributed by atoms with Crippen molar-refractivity contribution in [3.8, 4) is 0 Å². The summed E-state index contributed by atoms with van der Waals surface area (Å²) >= 11 is 6.14. The zero-order valence-corrected chi connectivity index (χ0v) is 13.0. The Bertz CT molecular complexity index is 605. The topological polar surface area (TPSA) is 30.7 Å². The molecule has 4 heteroatoms. The molecule has 3 rings (SSSR count). The molecule has 2 aromatic heterocycles. The first kappa shape index (κ1) is 13.9. The van der Waals surface area contributed by atoms with Crippen LogP contribution in [-0.2, 0) is 5.88 Å². The molecule has 2 aromatic rings. The van der Waals surface area contributed by atoms with Gasteiger partial charge in [0.1, 0.15) is 11.3 Å². The van der Waals surface area contributed by atoms with E-state index in [4.69, 9.17) is 16.6 Å². The van der Waals surface area contributed by atoms with Gasteiger partial charge in [-0.05, 0) is 37.3 Å². The fraction of sp³-hybridized carbons (Fsp3) is 0.625. The van der Waals surface area contributed by atoms with Crippen molar-refractivity contribution >= 4 is 22.8 Å². The molecule has 3 nitrogen and oxygen atoms in total. The van der Waals surface area contributed by atoms with Crippen LogP contribution in [0.3, 0.4) is 0 Å². The highest BCUT2D eigenvalue weighted by Crippen LogP contribution is 2.38. The standard InChI is InChI=1S/C16H22ClN3/c1-3-12-6-4-5-7-14(12)20-15(9-17)19-13-8-11(2)10-18-16(13)20/h8,10,12,14H,3-7,9H2,1-2H3. The van der Waals surface area contributed by atoms with Crippen LogP contribution in [0, 0.1) is 12.8 Å². The molecule has 0 spiro atoms. The number of hydrogen-bond donors (Lipinski definition) is 0. The molecule has 2 unspecified atom stereocenters. The van der Waals surface area contributed by atoms with Gasteiger partial charge in [-0.3, -0.25) is 0 Å². The second-order valence-corrected chi connectivity index (χ2v) is 6.17. The number of halogens is 1. The quantitative estimate of drug-likeness (QED) is 0.773. The van der Waals surface area contributed by atoms with E-state index in [9.17, 15) is 0 Å². The van der Waals surface area contributed by atoms with E-state index in [1.54, 1.807) is 0 Å². The van der Waals surface area contributed by atoms with Crippen LogP contribution in [0.1, 0.15) is 56.5 Å². The third-order valence-corrected chi connectivity index (χ3v) is 4.82. The van der Waals surface area contributed by atoms with Crippen LogP contribution in [0.2, 0.25) is 0 Å². The summed E-state index contributed by atoms with van der Waals surface area (Å²) in [6.45, 7) is 4.35. The smallest absolute Gasteiger partial charge is 0.160 e. The van der Waals surface area contributed by atoms with Gasteiger partial charge in [-0.15, -0.1) is 11.6 Å². The number of aryl methyl sites for hydroxylation is 1. The first-order valence-corrected chi connectivity index (χ1v) is 8.17. The van der Waals surface area contributed by atoms with Gasteiger partial charge < -0.3 is 4.57 Å². The van der Waals surface area contributed by atoms with Crippen LogP contribution in [0.25, 0.3) is 11.2 Å². The zero-order valence-electron chi connectivity index (χ0n) is 12.3. The highest BCUT2D eigenvalue weighted by atomic mass is 35.5. The Morgan fingerprint density at radius 3 is 2.90 bits per heavy atom. The molecule has 0 aromatic carbocycles. The van der Waals surface area contributed by atoms with Gasteiger partial charge in [0.25, 0.3) is 0 Å². The Hall–Kier alpha value is -1.09. The van der Waals surface area contributed by atoms with Crippen LogP contribution in [0.15, 0.2) is 12.3 Å². The summed E-state index contributed by atoms with van der Waals surface area (Å²) in [6.07, 6.45) is 8.34. The minimum absolute atomic E-state index is 0.461. The van der Waals surface area contributed by atoms with Crippen LogP contribution in [0.5, 0.6) is 0 Å². The highest BCUT2D eigenvalue weighted by molar-refractivity contribution is 6.16. The molecule has 20 heavy (non-hydrogen) atoms. The molecule has 1 aliphatic rings. The fourth-order valence-electron chi connectivity index (χ4n) is 3.58. The molecule has 0 saturated heterocycles. The number of fused-ring (bicyclic) bond motifs is 1. The third-order valence-electron chi connectivity index (χ3n) is 4.58. The van der Waals surface area contributed by atoms with Gasteiger partial charge in [0.15, 0.2) is 5.65 Å². The first-order valence-electron chi connectivity index (χ1n) is 7.64. The lowest BCUT2D eigenvalue weighted by atomic mass is 9.82. The Kier molecular flexibility index (Phi) is 3.97. The van der Waals surface area contributed by atoms with Gasteiger partial charge >= 0.3 is 0 Å². The minimum atomic E-state index is 0.461. The van der Waals surface area contributed by atoms with Crippen LogP contribution >= 0.6 is 11.6 Å². The molecule has 0 amide bonds. The summed E-state index contributed by atoms with van der Waals surface area (Å²) in [5, 5.41) is 0. The molecule has 0 radical (unpaired) electrons. The number of aromatic nitrogens is 3. The average Bonchev–Trinajstić information content (AvgIpc) is 2.84. The molecule has 2 atom stereocenters. The van der Waals surface area contributed by atoms with Crippen molar-refractivity contribution in [1.82, 2.24) is 14.5 Å². The van der Waals surface area contributed by atoms with Gasteiger partial charge in [-0.2, -0.15) is 0 Å². The molecule has 0 bridgehead atoms. The van der Waals surface area contributed by atoms with E-state index >= 15 is 0 Å². The SMILES string of the molecule is CCC1CCCCC1n1c(CCl)nc2cc(C)cnc21. The summed E-state index contributed by atoms with van der Waals surface area (Å²) in [5.41, 5.74) is 3.15. The lowest BCUT2D eigenvalue weighted by Crippen LogP contribution is -2.24. The van der Waals surface area contributed by atoms with Crippen molar-refractivity contribution in [2.45, 2.75) is 57.9 Å². The average molecular weight is 292 g/mol. The van der Waals surface area contributed by atoms with Crippen molar-refractivity contribution in [1.29, 1.82) is 0 Å². The minimum Gasteiger partial charge on any atom is -0.308 e. The maximum Gasteiger partial charge on any atom is 0.160 e.